The van der Waals surface area contributed by atoms with Crippen LogP contribution in [0, 0.1) is 5.92 Å². The van der Waals surface area contributed by atoms with E-state index in [1.54, 1.807) is 30.2 Å². The molecule has 1 aromatic carbocycles. The molecule has 6 nitrogen and oxygen atoms in total. The number of hydrogen-bond acceptors (Lipinski definition) is 4. The molecule has 1 aliphatic heterocycles. The van der Waals surface area contributed by atoms with E-state index < -0.39 is 10.0 Å². The first-order valence-electron chi connectivity index (χ1n) is 8.74. The summed E-state index contributed by atoms with van der Waals surface area (Å²) in [6.07, 6.45) is 1.20. The average Bonchev–Trinajstić information content (AvgIpc) is 2.60. The molecule has 1 heterocycles. The van der Waals surface area contributed by atoms with Crippen molar-refractivity contribution in [1.29, 1.82) is 0 Å². The standard InChI is InChI=1S/C18H28N2O4S/c1-5-15-13-16(6-7-17(15)24-4)25(22,23)20-10-8-19(9-11-20)18(21)12-14(2)3/h6-7,13-14H,5,8-12H2,1-4H3. The van der Waals surface area contributed by atoms with Gasteiger partial charge in [-0.15, -0.1) is 0 Å². The van der Waals surface area contributed by atoms with Crippen molar-refractivity contribution in [3.63, 3.8) is 0 Å². The highest BCUT2D eigenvalue weighted by Crippen LogP contribution is 2.25. The van der Waals surface area contributed by atoms with E-state index in [4.69, 9.17) is 4.74 Å². The van der Waals surface area contributed by atoms with E-state index in [1.807, 2.05) is 20.8 Å². The number of amides is 1. The lowest BCUT2D eigenvalue weighted by atomic mass is 10.1. The van der Waals surface area contributed by atoms with Crippen LogP contribution in [0.4, 0.5) is 0 Å². The van der Waals surface area contributed by atoms with Gasteiger partial charge in [-0.2, -0.15) is 4.31 Å². The molecule has 0 bridgehead atoms. The number of carbonyl (C=O) groups is 1. The SMILES string of the molecule is CCc1cc(S(=O)(=O)N2CCN(C(=O)CC(C)C)CC2)ccc1OC. The largest absolute Gasteiger partial charge is 0.496 e. The Balaban J connectivity index is 2.10. The summed E-state index contributed by atoms with van der Waals surface area (Å²) >= 11 is 0. The zero-order chi connectivity index (χ0) is 18.6. The van der Waals surface area contributed by atoms with Gasteiger partial charge in [0.05, 0.1) is 12.0 Å². The topological polar surface area (TPSA) is 66.9 Å². The van der Waals surface area contributed by atoms with Crippen LogP contribution < -0.4 is 4.74 Å². The van der Waals surface area contributed by atoms with Crippen molar-refractivity contribution < 1.29 is 17.9 Å². The first-order chi connectivity index (χ1) is 11.8. The minimum absolute atomic E-state index is 0.102. The van der Waals surface area contributed by atoms with Gasteiger partial charge in [-0.3, -0.25) is 4.79 Å². The first-order valence-corrected chi connectivity index (χ1v) is 10.2. The molecule has 0 N–H and O–H groups in total. The van der Waals surface area contributed by atoms with Crippen molar-refractivity contribution in [1.82, 2.24) is 9.21 Å². The third kappa shape index (κ3) is 4.52. The quantitative estimate of drug-likeness (QED) is 0.771. The second kappa shape index (κ2) is 8.19. The lowest BCUT2D eigenvalue weighted by Crippen LogP contribution is -2.50. The minimum Gasteiger partial charge on any atom is -0.496 e. The number of carbonyl (C=O) groups excluding carboxylic acids is 1. The van der Waals surface area contributed by atoms with Crippen LogP contribution in [0.5, 0.6) is 5.75 Å². The number of hydrogen-bond donors (Lipinski definition) is 0. The fourth-order valence-electron chi connectivity index (χ4n) is 3.00. The summed E-state index contributed by atoms with van der Waals surface area (Å²) in [4.78, 5) is 14.2. The van der Waals surface area contributed by atoms with E-state index >= 15 is 0 Å². The molecule has 0 spiro atoms. The number of sulfonamides is 1. The predicted octanol–water partition coefficient (Wildman–Crippen LogP) is 2.14. The lowest BCUT2D eigenvalue weighted by Gasteiger charge is -2.34. The predicted molar refractivity (Wildman–Crippen MR) is 97.2 cm³/mol. The highest BCUT2D eigenvalue weighted by molar-refractivity contribution is 7.89. The average molecular weight is 368 g/mol. The highest BCUT2D eigenvalue weighted by atomic mass is 32.2. The Morgan fingerprint density at radius 2 is 1.84 bits per heavy atom. The third-order valence-electron chi connectivity index (χ3n) is 4.44. The summed E-state index contributed by atoms with van der Waals surface area (Å²) in [6.45, 7) is 7.54. The zero-order valence-electron chi connectivity index (χ0n) is 15.5. The summed E-state index contributed by atoms with van der Waals surface area (Å²) in [7, 11) is -1.97. The van der Waals surface area contributed by atoms with Crippen LogP contribution >= 0.6 is 0 Å². The Morgan fingerprint density at radius 1 is 1.20 bits per heavy atom. The van der Waals surface area contributed by atoms with E-state index in [9.17, 15) is 13.2 Å². The monoisotopic (exact) mass is 368 g/mol. The number of rotatable bonds is 6. The van der Waals surface area contributed by atoms with Gasteiger partial charge >= 0.3 is 0 Å². The zero-order valence-corrected chi connectivity index (χ0v) is 16.3. The van der Waals surface area contributed by atoms with Crippen LogP contribution in [0.1, 0.15) is 32.8 Å². The number of ether oxygens (including phenoxy) is 1. The van der Waals surface area contributed by atoms with Gasteiger partial charge in [0.25, 0.3) is 0 Å². The number of piperazine rings is 1. The maximum absolute atomic E-state index is 12.9. The van der Waals surface area contributed by atoms with Crippen molar-refractivity contribution in [2.24, 2.45) is 5.92 Å². The molecular weight excluding hydrogens is 340 g/mol. The van der Waals surface area contributed by atoms with Gasteiger partial charge in [0.15, 0.2) is 0 Å². The second-order valence-corrected chi connectivity index (χ2v) is 8.65. The third-order valence-corrected chi connectivity index (χ3v) is 6.34. The van der Waals surface area contributed by atoms with Crippen LogP contribution in [0.15, 0.2) is 23.1 Å². The number of benzene rings is 1. The van der Waals surface area contributed by atoms with Crippen LogP contribution in [0.25, 0.3) is 0 Å². The Kier molecular flexibility index (Phi) is 6.46. The van der Waals surface area contributed by atoms with E-state index in [0.29, 0.717) is 50.7 Å². The summed E-state index contributed by atoms with van der Waals surface area (Å²) in [5, 5.41) is 0. The highest BCUT2D eigenvalue weighted by Gasteiger charge is 2.30. The molecule has 0 saturated carbocycles. The molecule has 25 heavy (non-hydrogen) atoms. The summed E-state index contributed by atoms with van der Waals surface area (Å²) < 4.78 is 32.5. The molecule has 1 aromatic rings. The Labute approximate surface area is 150 Å². The minimum atomic E-state index is -3.55. The van der Waals surface area contributed by atoms with Gasteiger partial charge in [0.2, 0.25) is 15.9 Å². The van der Waals surface area contributed by atoms with Crippen LogP contribution in [-0.2, 0) is 21.2 Å². The number of aryl methyl sites for hydroxylation is 1. The van der Waals surface area contributed by atoms with Crippen LogP contribution in [-0.4, -0.2) is 56.8 Å². The van der Waals surface area contributed by atoms with Crippen molar-refractivity contribution in [2.75, 3.05) is 33.3 Å². The van der Waals surface area contributed by atoms with Gasteiger partial charge in [-0.25, -0.2) is 8.42 Å². The van der Waals surface area contributed by atoms with Crippen LogP contribution in [0.3, 0.4) is 0 Å². The molecule has 1 fully saturated rings. The molecule has 1 aliphatic rings. The Bertz CT molecular complexity index is 708. The van der Waals surface area contributed by atoms with Crippen LogP contribution in [0.2, 0.25) is 0 Å². The molecule has 0 radical (unpaired) electrons. The van der Waals surface area contributed by atoms with Gasteiger partial charge in [0.1, 0.15) is 5.75 Å². The molecule has 0 unspecified atom stereocenters. The fraction of sp³-hybridized carbons (Fsp3) is 0.611. The molecule has 7 heteroatoms. The van der Waals surface area contributed by atoms with Gasteiger partial charge in [-0.05, 0) is 36.1 Å². The second-order valence-electron chi connectivity index (χ2n) is 6.71. The van der Waals surface area contributed by atoms with Crippen molar-refractivity contribution in [2.45, 2.75) is 38.5 Å². The Morgan fingerprint density at radius 3 is 2.36 bits per heavy atom. The number of methoxy groups -OCH3 is 1. The maximum atomic E-state index is 12.9. The van der Waals surface area contributed by atoms with E-state index in [0.717, 1.165) is 5.56 Å². The van der Waals surface area contributed by atoms with E-state index in [2.05, 4.69) is 0 Å². The molecule has 2 rings (SSSR count). The van der Waals surface area contributed by atoms with Gasteiger partial charge in [0, 0.05) is 32.6 Å². The lowest BCUT2D eigenvalue weighted by molar-refractivity contribution is -0.133. The van der Waals surface area contributed by atoms with Crippen molar-refractivity contribution in [3.8, 4) is 5.75 Å². The van der Waals surface area contributed by atoms with Gasteiger partial charge in [-0.1, -0.05) is 20.8 Å². The molecular formula is C18H28N2O4S. The summed E-state index contributed by atoms with van der Waals surface area (Å²) in [5.74, 6) is 1.11. The van der Waals surface area contributed by atoms with E-state index in [1.165, 1.54) is 4.31 Å². The van der Waals surface area contributed by atoms with Gasteiger partial charge < -0.3 is 9.64 Å². The van der Waals surface area contributed by atoms with E-state index in [-0.39, 0.29) is 10.8 Å². The smallest absolute Gasteiger partial charge is 0.243 e. The molecule has 1 saturated heterocycles. The fourth-order valence-corrected chi connectivity index (χ4v) is 4.47. The first kappa shape index (κ1) is 19.7. The Hall–Kier alpha value is -1.60. The molecule has 140 valence electrons. The maximum Gasteiger partial charge on any atom is 0.243 e. The molecule has 0 atom stereocenters. The normalized spacial score (nSPS) is 16.3. The number of nitrogens with zero attached hydrogens (tertiary/aromatic N) is 2. The molecule has 1 amide bonds. The van der Waals surface area contributed by atoms with Crippen molar-refractivity contribution in [3.05, 3.63) is 23.8 Å². The van der Waals surface area contributed by atoms with Crippen molar-refractivity contribution >= 4 is 15.9 Å². The summed E-state index contributed by atoms with van der Waals surface area (Å²) in [6, 6.07) is 4.97. The molecule has 0 aromatic heterocycles. The summed E-state index contributed by atoms with van der Waals surface area (Å²) in [5.41, 5.74) is 0.870. The molecule has 0 aliphatic carbocycles.